The van der Waals surface area contributed by atoms with E-state index in [0.717, 1.165) is 5.56 Å². The summed E-state index contributed by atoms with van der Waals surface area (Å²) in [6.07, 6.45) is 0.523. The molecule has 3 N–H and O–H groups in total. The first-order chi connectivity index (χ1) is 15.1. The maximum absolute atomic E-state index is 13.1. The minimum Gasteiger partial charge on any atom is -0.445 e. The molecule has 0 spiro atoms. The van der Waals surface area contributed by atoms with E-state index < -0.39 is 18.1 Å². The Hall–Kier alpha value is -2.41. The van der Waals surface area contributed by atoms with Crippen LogP contribution < -0.4 is 16.2 Å². The van der Waals surface area contributed by atoms with Gasteiger partial charge in [0, 0.05) is 18.9 Å². The van der Waals surface area contributed by atoms with Crippen molar-refractivity contribution in [3.63, 3.8) is 0 Å². The lowest BCUT2D eigenvalue weighted by Crippen LogP contribution is -2.46. The average molecular weight is 448 g/mol. The highest BCUT2D eigenvalue weighted by Gasteiger charge is 2.29. The first kappa shape index (κ1) is 27.6. The molecule has 1 rings (SSSR count). The molecule has 0 bridgehead atoms. The monoisotopic (exact) mass is 447 g/mol. The van der Waals surface area contributed by atoms with Gasteiger partial charge in [-0.2, -0.15) is 0 Å². The Balaban J connectivity index is 2.74. The molecule has 0 heterocycles. The van der Waals surface area contributed by atoms with Crippen molar-refractivity contribution >= 4 is 17.8 Å². The van der Waals surface area contributed by atoms with E-state index in [1.54, 1.807) is 0 Å². The molecule has 0 fully saturated rings. The van der Waals surface area contributed by atoms with Gasteiger partial charge in [-0.3, -0.25) is 15.0 Å². The molecular formula is C25H41N3O4. The van der Waals surface area contributed by atoms with Gasteiger partial charge >= 0.3 is 6.09 Å². The molecule has 1 aromatic carbocycles. The number of carbonyl (C=O) groups is 3. The summed E-state index contributed by atoms with van der Waals surface area (Å²) < 4.78 is 5.29. The van der Waals surface area contributed by atoms with Gasteiger partial charge in [0.05, 0.1) is 6.04 Å². The van der Waals surface area contributed by atoms with Gasteiger partial charge in [-0.05, 0) is 36.2 Å². The van der Waals surface area contributed by atoms with E-state index in [4.69, 9.17) is 4.74 Å². The molecule has 2 amide bonds. The fraction of sp³-hybridized carbons (Fsp3) is 0.640. The van der Waals surface area contributed by atoms with Gasteiger partial charge in [0.15, 0.2) is 5.78 Å². The standard InChI is InChI=1S/C25H41N3O4/c1-17(2)12-21(24(30)28-26-15-19(5)6)14-23(29)22(13-18(3)4)27-25(31)32-16-20-10-8-7-9-11-20/h7-11,17-19,21-22,26H,12-16H2,1-6H3,(H,27,31)(H,28,30)/t21-,22+/m1/s1. The van der Waals surface area contributed by atoms with E-state index in [-0.39, 0.29) is 36.6 Å². The van der Waals surface area contributed by atoms with Crippen LogP contribution in [0.2, 0.25) is 0 Å². The summed E-state index contributed by atoms with van der Waals surface area (Å²) >= 11 is 0. The molecule has 7 heteroatoms. The van der Waals surface area contributed by atoms with Gasteiger partial charge in [-0.15, -0.1) is 0 Å². The number of hydrazine groups is 1. The molecule has 32 heavy (non-hydrogen) atoms. The minimum absolute atomic E-state index is 0.0731. The van der Waals surface area contributed by atoms with Crippen LogP contribution in [-0.4, -0.2) is 30.4 Å². The number of carbonyl (C=O) groups excluding carboxylic acids is 3. The molecule has 180 valence electrons. The second kappa shape index (κ2) is 14.6. The molecule has 0 saturated carbocycles. The van der Waals surface area contributed by atoms with E-state index >= 15 is 0 Å². The number of ketones is 1. The van der Waals surface area contributed by atoms with Crippen LogP contribution in [0.3, 0.4) is 0 Å². The van der Waals surface area contributed by atoms with E-state index in [1.165, 1.54) is 0 Å². The number of ether oxygens (including phenoxy) is 1. The van der Waals surface area contributed by atoms with Crippen LogP contribution in [0.25, 0.3) is 0 Å². The van der Waals surface area contributed by atoms with Gasteiger partial charge in [-0.25, -0.2) is 10.2 Å². The molecule has 1 aromatic rings. The largest absolute Gasteiger partial charge is 0.445 e. The molecule has 0 aromatic heterocycles. The van der Waals surface area contributed by atoms with Crippen LogP contribution in [0.5, 0.6) is 0 Å². The molecule has 0 aliphatic carbocycles. The van der Waals surface area contributed by atoms with Gasteiger partial charge < -0.3 is 10.1 Å². The summed E-state index contributed by atoms with van der Waals surface area (Å²) in [6, 6.07) is 8.68. The van der Waals surface area contributed by atoms with Crippen molar-refractivity contribution in [2.75, 3.05) is 6.54 Å². The number of alkyl carbamates (subject to hydrolysis) is 1. The van der Waals surface area contributed by atoms with Crippen molar-refractivity contribution in [3.05, 3.63) is 35.9 Å². The van der Waals surface area contributed by atoms with Crippen LogP contribution in [0.15, 0.2) is 30.3 Å². The Morgan fingerprint density at radius 3 is 2.06 bits per heavy atom. The molecule has 7 nitrogen and oxygen atoms in total. The Morgan fingerprint density at radius 2 is 1.50 bits per heavy atom. The van der Waals surface area contributed by atoms with Crippen molar-refractivity contribution in [2.45, 2.75) is 73.5 Å². The summed E-state index contributed by atoms with van der Waals surface area (Å²) in [5, 5.41) is 2.72. The Bertz CT molecular complexity index is 704. The summed E-state index contributed by atoms with van der Waals surface area (Å²) in [7, 11) is 0. The number of amides is 2. The Labute approximate surface area is 193 Å². The minimum atomic E-state index is -0.690. The maximum Gasteiger partial charge on any atom is 0.408 e. The average Bonchev–Trinajstić information content (AvgIpc) is 2.71. The van der Waals surface area contributed by atoms with Crippen LogP contribution >= 0.6 is 0 Å². The predicted octanol–water partition coefficient (Wildman–Crippen LogP) is 4.23. The van der Waals surface area contributed by atoms with Gasteiger partial charge in [0.2, 0.25) is 5.91 Å². The molecule has 0 aliphatic rings. The number of hydrogen-bond donors (Lipinski definition) is 3. The summed E-state index contributed by atoms with van der Waals surface area (Å²) in [5.41, 5.74) is 6.54. The molecule has 0 radical (unpaired) electrons. The van der Waals surface area contributed by atoms with Gasteiger partial charge in [0.1, 0.15) is 6.61 Å². The number of benzene rings is 1. The normalized spacial score (nSPS) is 13.2. The van der Waals surface area contributed by atoms with Gasteiger partial charge in [0.25, 0.3) is 0 Å². The van der Waals surface area contributed by atoms with Crippen molar-refractivity contribution in [1.82, 2.24) is 16.2 Å². The van der Waals surface area contributed by atoms with E-state index in [0.29, 0.717) is 25.3 Å². The van der Waals surface area contributed by atoms with Gasteiger partial charge in [-0.1, -0.05) is 71.9 Å². The predicted molar refractivity (Wildman–Crippen MR) is 127 cm³/mol. The SMILES string of the molecule is CC(C)CNNC(=O)[C@@H](CC(=O)[C@H](CC(C)C)NC(=O)OCc1ccccc1)CC(C)C. The summed E-state index contributed by atoms with van der Waals surface area (Å²) in [6.45, 7) is 12.9. The smallest absolute Gasteiger partial charge is 0.408 e. The lowest BCUT2D eigenvalue weighted by molar-refractivity contribution is -0.131. The lowest BCUT2D eigenvalue weighted by atomic mass is 9.88. The first-order valence-electron chi connectivity index (χ1n) is 11.6. The Morgan fingerprint density at radius 1 is 0.875 bits per heavy atom. The van der Waals surface area contributed by atoms with E-state index in [1.807, 2.05) is 71.9 Å². The highest BCUT2D eigenvalue weighted by Crippen LogP contribution is 2.19. The van der Waals surface area contributed by atoms with Crippen LogP contribution in [0.4, 0.5) is 4.79 Å². The fourth-order valence-electron chi connectivity index (χ4n) is 3.33. The zero-order valence-electron chi connectivity index (χ0n) is 20.4. The van der Waals surface area contributed by atoms with Crippen molar-refractivity contribution in [2.24, 2.45) is 23.7 Å². The molecule has 0 aliphatic heterocycles. The molecule has 0 saturated heterocycles. The summed E-state index contributed by atoms with van der Waals surface area (Å²) in [4.78, 5) is 38.1. The quantitative estimate of drug-likeness (QED) is 0.371. The van der Waals surface area contributed by atoms with Crippen LogP contribution in [-0.2, 0) is 20.9 Å². The van der Waals surface area contributed by atoms with Crippen molar-refractivity contribution in [1.29, 1.82) is 0 Å². The third-order valence-corrected chi connectivity index (χ3v) is 4.90. The fourth-order valence-corrected chi connectivity index (χ4v) is 3.33. The second-order valence-corrected chi connectivity index (χ2v) is 9.65. The molecule has 2 atom stereocenters. The highest BCUT2D eigenvalue weighted by molar-refractivity contribution is 5.91. The van der Waals surface area contributed by atoms with Crippen molar-refractivity contribution in [3.8, 4) is 0 Å². The van der Waals surface area contributed by atoms with Crippen LogP contribution in [0.1, 0.15) is 66.4 Å². The van der Waals surface area contributed by atoms with E-state index in [2.05, 4.69) is 16.2 Å². The molecule has 0 unspecified atom stereocenters. The second-order valence-electron chi connectivity index (χ2n) is 9.65. The Kier molecular flexibility index (Phi) is 12.6. The lowest BCUT2D eigenvalue weighted by Gasteiger charge is -2.23. The number of rotatable bonds is 14. The maximum atomic E-state index is 13.1. The number of Topliss-reactive ketones (excluding diaryl/α,β-unsaturated/α-hetero) is 1. The zero-order chi connectivity index (χ0) is 24.1. The topological polar surface area (TPSA) is 96.5 Å². The van der Waals surface area contributed by atoms with Crippen molar-refractivity contribution < 1.29 is 19.1 Å². The number of hydrogen-bond acceptors (Lipinski definition) is 5. The zero-order valence-corrected chi connectivity index (χ0v) is 20.4. The number of nitrogens with one attached hydrogen (secondary N) is 3. The third-order valence-electron chi connectivity index (χ3n) is 4.90. The third kappa shape index (κ3) is 11.8. The van der Waals surface area contributed by atoms with Crippen LogP contribution in [0, 0.1) is 23.7 Å². The highest BCUT2D eigenvalue weighted by atomic mass is 16.5. The van der Waals surface area contributed by atoms with E-state index in [9.17, 15) is 14.4 Å². The molecular weight excluding hydrogens is 406 g/mol. The first-order valence-corrected chi connectivity index (χ1v) is 11.6. The summed E-state index contributed by atoms with van der Waals surface area (Å²) in [5.74, 6) is 0.0445.